The molecule has 4 heterocycles. The van der Waals surface area contributed by atoms with Gasteiger partial charge in [0.1, 0.15) is 5.82 Å². The number of carbonyl (C=O) groups is 1. The zero-order valence-corrected chi connectivity index (χ0v) is 24.5. The average molecular weight is 604 g/mol. The minimum Gasteiger partial charge on any atom is -0.450 e. The third-order valence-electron chi connectivity index (χ3n) is 8.66. The Morgan fingerprint density at radius 2 is 1.82 bits per heavy atom. The lowest BCUT2D eigenvalue weighted by molar-refractivity contribution is 0.182. The summed E-state index contributed by atoms with van der Waals surface area (Å²) in [5, 5.41) is 16.2. The van der Waals surface area contributed by atoms with E-state index in [2.05, 4.69) is 31.9 Å². The third kappa shape index (κ3) is 6.77. The second-order valence-electron chi connectivity index (χ2n) is 11.6. The fraction of sp³-hybridized carbons (Fsp3) is 0.419. The van der Waals surface area contributed by atoms with Gasteiger partial charge in [0.2, 0.25) is 0 Å². The predicted molar refractivity (Wildman–Crippen MR) is 167 cm³/mol. The van der Waals surface area contributed by atoms with Gasteiger partial charge in [0.15, 0.2) is 23.3 Å². The average Bonchev–Trinajstić information content (AvgIpc) is 3.03. The van der Waals surface area contributed by atoms with E-state index in [1.165, 1.54) is 12.1 Å². The first-order chi connectivity index (χ1) is 21.3. The van der Waals surface area contributed by atoms with Crippen LogP contribution in [-0.2, 0) is 0 Å². The summed E-state index contributed by atoms with van der Waals surface area (Å²) in [6.07, 6.45) is 5.99. The molecule has 2 aromatic carbocycles. The van der Waals surface area contributed by atoms with E-state index >= 15 is 0 Å². The highest BCUT2D eigenvalue weighted by Crippen LogP contribution is 2.42. The van der Waals surface area contributed by atoms with Crippen molar-refractivity contribution in [3.05, 3.63) is 70.5 Å². The molecule has 12 nitrogen and oxygen atoms in total. The smallest absolute Gasteiger partial charge is 0.350 e. The number of aromatic nitrogens is 2. The largest absolute Gasteiger partial charge is 0.450 e. The number of ether oxygens (including phenoxy) is 1. The summed E-state index contributed by atoms with van der Waals surface area (Å²) >= 11 is 0. The number of likely N-dealkylation sites (tertiary alicyclic amines) is 2. The van der Waals surface area contributed by atoms with E-state index in [1.807, 2.05) is 12.1 Å². The van der Waals surface area contributed by atoms with Gasteiger partial charge < -0.3 is 36.2 Å². The molecule has 0 unspecified atom stereocenters. The molecule has 6 rings (SSSR count). The number of guanidine groups is 1. The molecule has 0 bridgehead atoms. The molecule has 13 heteroatoms. The van der Waals surface area contributed by atoms with Crippen LogP contribution in [0.15, 0.2) is 53.5 Å². The highest BCUT2D eigenvalue weighted by atomic mass is 19.1. The maximum atomic E-state index is 13.2. The van der Waals surface area contributed by atoms with Crippen molar-refractivity contribution in [3.63, 3.8) is 0 Å². The number of amides is 2. The van der Waals surface area contributed by atoms with Crippen molar-refractivity contribution in [3.8, 4) is 11.5 Å². The Morgan fingerprint density at radius 1 is 1.07 bits per heavy atom. The summed E-state index contributed by atoms with van der Waals surface area (Å²) in [4.78, 5) is 34.2. The Kier molecular flexibility index (Phi) is 8.64. The van der Waals surface area contributed by atoms with Gasteiger partial charge in [-0.2, -0.15) is 4.98 Å². The number of carbonyl (C=O) groups excluding carboxylic acids is 1. The number of piperidine rings is 2. The SMILES string of the molecule is N=C(N)NCCCN1CCC(n2cc3c(nc2=O)Nc2cc(C4CCN(C(=O)Nc5ccc(F)cc5)CC4)ccc2O3)CC1. The molecule has 2 saturated heterocycles. The highest BCUT2D eigenvalue weighted by Gasteiger charge is 2.28. The van der Waals surface area contributed by atoms with Gasteiger partial charge in [-0.05, 0) is 86.5 Å². The van der Waals surface area contributed by atoms with Crippen LogP contribution in [0.2, 0.25) is 0 Å². The van der Waals surface area contributed by atoms with Crippen LogP contribution in [-0.4, -0.2) is 70.6 Å². The monoisotopic (exact) mass is 603 g/mol. The lowest BCUT2D eigenvalue weighted by Crippen LogP contribution is -2.40. The molecule has 2 amide bonds. The van der Waals surface area contributed by atoms with Crippen molar-refractivity contribution in [2.24, 2.45) is 5.73 Å². The first-order valence-electron chi connectivity index (χ1n) is 15.2. The number of halogens is 1. The summed E-state index contributed by atoms with van der Waals surface area (Å²) in [5.41, 5.74) is 7.52. The lowest BCUT2D eigenvalue weighted by atomic mass is 9.89. The molecular formula is C31H38FN9O3. The Morgan fingerprint density at radius 3 is 2.55 bits per heavy atom. The van der Waals surface area contributed by atoms with E-state index in [0.717, 1.165) is 63.0 Å². The molecule has 0 saturated carbocycles. The van der Waals surface area contributed by atoms with E-state index in [-0.39, 0.29) is 35.5 Å². The Hall–Kier alpha value is -4.65. The van der Waals surface area contributed by atoms with Crippen molar-refractivity contribution >= 4 is 29.2 Å². The quantitative estimate of drug-likeness (QED) is 0.120. The summed E-state index contributed by atoms with van der Waals surface area (Å²) in [6.45, 7) is 4.59. The van der Waals surface area contributed by atoms with Crippen LogP contribution >= 0.6 is 0 Å². The van der Waals surface area contributed by atoms with Crippen LogP contribution in [0.5, 0.6) is 11.5 Å². The van der Waals surface area contributed by atoms with Crippen LogP contribution < -0.4 is 32.1 Å². The van der Waals surface area contributed by atoms with Crippen LogP contribution in [0, 0.1) is 11.2 Å². The number of hydrogen-bond donors (Lipinski definition) is 5. The molecule has 0 radical (unpaired) electrons. The lowest BCUT2D eigenvalue weighted by Gasteiger charge is -2.33. The molecule has 232 valence electrons. The number of rotatable bonds is 7. The molecule has 6 N–H and O–H groups in total. The summed E-state index contributed by atoms with van der Waals surface area (Å²) < 4.78 is 21.1. The number of benzene rings is 2. The molecule has 3 aliphatic rings. The molecule has 0 atom stereocenters. The Bertz CT molecular complexity index is 1560. The third-order valence-corrected chi connectivity index (χ3v) is 8.66. The fourth-order valence-corrected chi connectivity index (χ4v) is 6.21. The fourth-order valence-electron chi connectivity index (χ4n) is 6.21. The van der Waals surface area contributed by atoms with Crippen LogP contribution in [0.3, 0.4) is 0 Å². The van der Waals surface area contributed by atoms with Gasteiger partial charge >= 0.3 is 11.7 Å². The van der Waals surface area contributed by atoms with E-state index < -0.39 is 0 Å². The van der Waals surface area contributed by atoms with Crippen molar-refractivity contribution in [1.82, 2.24) is 24.7 Å². The van der Waals surface area contributed by atoms with Gasteiger partial charge in [-0.25, -0.2) is 14.0 Å². The molecule has 3 aliphatic heterocycles. The van der Waals surface area contributed by atoms with Crippen molar-refractivity contribution in [2.45, 2.75) is 44.1 Å². The van der Waals surface area contributed by atoms with E-state index in [1.54, 1.807) is 27.8 Å². The van der Waals surface area contributed by atoms with Gasteiger partial charge in [-0.3, -0.25) is 9.98 Å². The minimum atomic E-state index is -0.342. The Balaban J connectivity index is 1.03. The number of fused-ring (bicyclic) bond motifs is 2. The summed E-state index contributed by atoms with van der Waals surface area (Å²) in [6, 6.07) is 11.7. The second kappa shape index (κ2) is 12.9. The number of nitrogens with zero attached hydrogens (tertiary/aromatic N) is 4. The van der Waals surface area contributed by atoms with Gasteiger partial charge in [-0.15, -0.1) is 0 Å². The van der Waals surface area contributed by atoms with Gasteiger partial charge in [0.05, 0.1) is 11.9 Å². The molecule has 44 heavy (non-hydrogen) atoms. The van der Waals surface area contributed by atoms with Crippen LogP contribution in [0.25, 0.3) is 0 Å². The number of urea groups is 1. The number of anilines is 3. The first kappa shape index (κ1) is 29.4. The summed E-state index contributed by atoms with van der Waals surface area (Å²) in [7, 11) is 0. The topological polar surface area (TPSA) is 154 Å². The first-order valence-corrected chi connectivity index (χ1v) is 15.2. The standard InChI is InChI=1S/C31H38FN9O3/c32-22-3-5-23(6-4-22)36-30(42)40-16-8-20(9-17-40)21-2-7-26-25(18-21)37-28-27(44-26)19-41(31(43)38-28)24-10-14-39(15-11-24)13-1-12-35-29(33)34/h2-7,18-20,24H,1,8-17H2,(H,36,42)(H4,33,34,35)(H,37,38,43). The molecule has 0 aliphatic carbocycles. The van der Waals surface area contributed by atoms with Crippen molar-refractivity contribution < 1.29 is 13.9 Å². The maximum Gasteiger partial charge on any atom is 0.350 e. The van der Waals surface area contributed by atoms with Gasteiger partial charge in [-0.1, -0.05) is 6.07 Å². The molecular weight excluding hydrogens is 565 g/mol. The van der Waals surface area contributed by atoms with Crippen LogP contribution in [0.1, 0.15) is 49.6 Å². The number of nitrogens with two attached hydrogens (primary N) is 1. The van der Waals surface area contributed by atoms with Crippen molar-refractivity contribution in [2.75, 3.05) is 49.9 Å². The van der Waals surface area contributed by atoms with E-state index in [9.17, 15) is 14.0 Å². The van der Waals surface area contributed by atoms with E-state index in [4.69, 9.17) is 15.9 Å². The van der Waals surface area contributed by atoms with Gasteiger partial charge in [0, 0.05) is 44.5 Å². The number of nitrogens with one attached hydrogen (secondary N) is 4. The summed E-state index contributed by atoms with van der Waals surface area (Å²) in [5.74, 6) is 1.55. The zero-order valence-electron chi connectivity index (χ0n) is 24.5. The zero-order chi connectivity index (χ0) is 30.6. The minimum absolute atomic E-state index is 0.00719. The molecule has 0 spiro atoms. The molecule has 3 aromatic rings. The maximum absolute atomic E-state index is 13.2. The second-order valence-corrected chi connectivity index (χ2v) is 11.6. The number of hydrogen-bond acceptors (Lipinski definition) is 7. The molecule has 2 fully saturated rings. The van der Waals surface area contributed by atoms with Crippen LogP contribution in [0.4, 0.5) is 26.4 Å². The molecule has 1 aromatic heterocycles. The Labute approximate surface area is 254 Å². The normalized spacial score (nSPS) is 17.2. The van der Waals surface area contributed by atoms with Gasteiger partial charge in [0.25, 0.3) is 0 Å². The highest BCUT2D eigenvalue weighted by molar-refractivity contribution is 5.89. The van der Waals surface area contributed by atoms with Crippen molar-refractivity contribution in [1.29, 1.82) is 5.41 Å². The van der Waals surface area contributed by atoms with E-state index in [0.29, 0.717) is 42.6 Å². The predicted octanol–water partition coefficient (Wildman–Crippen LogP) is 4.15.